The van der Waals surface area contributed by atoms with Crippen LogP contribution in [-0.4, -0.2) is 21.6 Å². The number of nitrogens with one attached hydrogen (secondary N) is 1. The van der Waals surface area contributed by atoms with E-state index < -0.39 is 17.9 Å². The van der Waals surface area contributed by atoms with Gasteiger partial charge in [0.2, 0.25) is 5.91 Å². The number of aromatic nitrogens is 1. The maximum Gasteiger partial charge on any atom is 0.330 e. The zero-order valence-electron chi connectivity index (χ0n) is 12.0. The van der Waals surface area contributed by atoms with Crippen LogP contribution in [0.25, 0.3) is 0 Å². The van der Waals surface area contributed by atoms with Crippen molar-refractivity contribution in [2.75, 3.05) is 0 Å². The van der Waals surface area contributed by atoms with Crippen molar-refractivity contribution < 1.29 is 14.7 Å². The van der Waals surface area contributed by atoms with E-state index in [9.17, 15) is 19.5 Å². The molecule has 0 saturated heterocycles. The molecule has 116 valence electrons. The normalized spacial score (nSPS) is 11.9. The molecule has 1 amide bonds. The van der Waals surface area contributed by atoms with Crippen molar-refractivity contribution in [3.05, 3.63) is 56.6 Å². The Balaban J connectivity index is 2.01. The number of thiazole rings is 1. The molecule has 0 unspecified atom stereocenters. The van der Waals surface area contributed by atoms with Crippen LogP contribution in [0, 0.1) is 6.92 Å². The number of carbonyl (C=O) groups excluding carboxylic acids is 1. The van der Waals surface area contributed by atoms with Gasteiger partial charge in [-0.05, 0) is 12.5 Å². The maximum atomic E-state index is 12.0. The van der Waals surface area contributed by atoms with Crippen LogP contribution in [0.2, 0.25) is 0 Å². The average molecular weight is 320 g/mol. The highest BCUT2D eigenvalue weighted by Crippen LogP contribution is 2.13. The van der Waals surface area contributed by atoms with E-state index in [2.05, 4.69) is 5.32 Å². The third-order valence-corrected chi connectivity index (χ3v) is 4.11. The van der Waals surface area contributed by atoms with Gasteiger partial charge in [-0.1, -0.05) is 41.7 Å². The molecular weight excluding hydrogens is 304 g/mol. The summed E-state index contributed by atoms with van der Waals surface area (Å²) in [4.78, 5) is 34.7. The fourth-order valence-corrected chi connectivity index (χ4v) is 2.82. The van der Waals surface area contributed by atoms with Gasteiger partial charge in [0.1, 0.15) is 0 Å². The molecule has 22 heavy (non-hydrogen) atoms. The fourth-order valence-electron chi connectivity index (χ4n) is 2.05. The van der Waals surface area contributed by atoms with Crippen molar-refractivity contribution in [2.45, 2.75) is 25.9 Å². The van der Waals surface area contributed by atoms with Gasteiger partial charge < -0.3 is 15.0 Å². The predicted molar refractivity (Wildman–Crippen MR) is 82.9 cm³/mol. The molecule has 0 bridgehead atoms. The zero-order valence-corrected chi connectivity index (χ0v) is 12.8. The Bertz CT molecular complexity index is 721. The Morgan fingerprint density at radius 3 is 2.55 bits per heavy atom. The van der Waals surface area contributed by atoms with Gasteiger partial charge in [0.05, 0.1) is 0 Å². The highest BCUT2D eigenvalue weighted by molar-refractivity contribution is 7.07. The van der Waals surface area contributed by atoms with Crippen LogP contribution in [0.4, 0.5) is 0 Å². The van der Waals surface area contributed by atoms with Crippen LogP contribution in [0.1, 0.15) is 23.7 Å². The van der Waals surface area contributed by atoms with Crippen LogP contribution < -0.4 is 10.2 Å². The lowest BCUT2D eigenvalue weighted by atomic mass is 10.1. The number of aliphatic carboxylic acids is 1. The number of hydrogen-bond acceptors (Lipinski definition) is 4. The summed E-state index contributed by atoms with van der Waals surface area (Å²) in [7, 11) is 0. The highest BCUT2D eigenvalue weighted by atomic mass is 32.1. The Kier molecular flexibility index (Phi) is 5.11. The van der Waals surface area contributed by atoms with Gasteiger partial charge >= 0.3 is 10.8 Å². The zero-order chi connectivity index (χ0) is 16.1. The number of carboxylic acid groups (broad SMARTS) is 1. The van der Waals surface area contributed by atoms with Gasteiger partial charge in [0, 0.05) is 24.0 Å². The number of carbonyl (C=O) groups is 2. The molecular formula is C15H16N2O4S. The number of hydrogen-bond donors (Lipinski definition) is 2. The smallest absolute Gasteiger partial charge is 0.330 e. The number of aryl methyl sites for hydroxylation is 1. The summed E-state index contributed by atoms with van der Waals surface area (Å²) in [6.45, 7) is 2.03. The molecule has 0 fully saturated rings. The molecule has 0 aliphatic carbocycles. The summed E-state index contributed by atoms with van der Waals surface area (Å²) in [6, 6.07) is 7.40. The van der Waals surface area contributed by atoms with Crippen LogP contribution in [-0.2, 0) is 16.1 Å². The molecule has 2 rings (SSSR count). The molecule has 1 atom stereocenters. The minimum atomic E-state index is -1.12. The van der Waals surface area contributed by atoms with E-state index >= 15 is 0 Å². The highest BCUT2D eigenvalue weighted by Gasteiger charge is 2.21. The summed E-state index contributed by atoms with van der Waals surface area (Å²) in [6.07, 6.45) is 0.0497. The largest absolute Gasteiger partial charge is 0.479 e. The van der Waals surface area contributed by atoms with Crippen molar-refractivity contribution in [2.24, 2.45) is 0 Å². The summed E-state index contributed by atoms with van der Waals surface area (Å²) in [5, 5.41) is 13.5. The molecule has 6 nitrogen and oxygen atoms in total. The minimum Gasteiger partial charge on any atom is -0.479 e. The molecule has 1 aromatic carbocycles. The number of benzene rings is 1. The predicted octanol–water partition coefficient (Wildman–Crippen LogP) is 1.55. The van der Waals surface area contributed by atoms with Gasteiger partial charge in [0.25, 0.3) is 0 Å². The molecule has 1 aromatic heterocycles. The second-order valence-electron chi connectivity index (χ2n) is 4.79. The molecule has 0 spiro atoms. The number of nitrogens with zero attached hydrogens (tertiary/aromatic N) is 1. The maximum absolute atomic E-state index is 12.0. The van der Waals surface area contributed by atoms with E-state index in [1.54, 1.807) is 42.6 Å². The van der Waals surface area contributed by atoms with Crippen LogP contribution in [0.15, 0.2) is 40.5 Å². The first kappa shape index (κ1) is 16.0. The van der Waals surface area contributed by atoms with Gasteiger partial charge in [-0.2, -0.15) is 0 Å². The molecule has 1 heterocycles. The van der Waals surface area contributed by atoms with Crippen LogP contribution in [0.3, 0.4) is 0 Å². The third kappa shape index (κ3) is 3.82. The number of amides is 1. The van der Waals surface area contributed by atoms with Gasteiger partial charge in [0.15, 0.2) is 6.04 Å². The van der Waals surface area contributed by atoms with E-state index in [0.29, 0.717) is 5.56 Å². The Hall–Kier alpha value is -2.41. The molecule has 0 aliphatic heterocycles. The number of rotatable bonds is 6. The average Bonchev–Trinajstić information content (AvgIpc) is 2.82. The quantitative estimate of drug-likeness (QED) is 0.845. The van der Waals surface area contributed by atoms with Gasteiger partial charge in [-0.15, -0.1) is 0 Å². The summed E-state index contributed by atoms with van der Waals surface area (Å²) < 4.78 is 1.50. The Labute approximate surface area is 131 Å². The topological polar surface area (TPSA) is 88.4 Å². The molecule has 0 aliphatic rings. The lowest BCUT2D eigenvalue weighted by Gasteiger charge is -2.15. The Morgan fingerprint density at radius 1 is 1.32 bits per heavy atom. The summed E-state index contributed by atoms with van der Waals surface area (Å²) in [5.74, 6) is -1.53. The number of carboxylic acids is 1. The SMILES string of the molecule is Cc1csc(=O)n1CCC(=O)N[C@@H](C(=O)O)c1ccccc1. The van der Waals surface area contributed by atoms with Gasteiger partial charge in [-0.25, -0.2) is 4.79 Å². The molecule has 2 aromatic rings. The lowest BCUT2D eigenvalue weighted by Crippen LogP contribution is -2.34. The van der Waals surface area contributed by atoms with E-state index in [1.165, 1.54) is 4.57 Å². The van der Waals surface area contributed by atoms with Gasteiger partial charge in [-0.3, -0.25) is 9.59 Å². The minimum absolute atomic E-state index is 0.0497. The van der Waals surface area contributed by atoms with E-state index in [0.717, 1.165) is 17.0 Å². The first-order valence-corrected chi connectivity index (χ1v) is 7.59. The van der Waals surface area contributed by atoms with Crippen molar-refractivity contribution in [3.8, 4) is 0 Å². The second kappa shape index (κ2) is 7.04. The summed E-state index contributed by atoms with van der Waals surface area (Å²) >= 11 is 1.08. The van der Waals surface area contributed by atoms with Crippen molar-refractivity contribution in [3.63, 3.8) is 0 Å². The lowest BCUT2D eigenvalue weighted by molar-refractivity contribution is -0.142. The standard InChI is InChI=1S/C15H16N2O4S/c1-10-9-22-15(21)17(10)8-7-12(18)16-13(14(19)20)11-5-3-2-4-6-11/h2-6,9,13H,7-8H2,1H3,(H,16,18)(H,19,20)/t13-/m1/s1. The van der Waals surface area contributed by atoms with Crippen LogP contribution in [0.5, 0.6) is 0 Å². The van der Waals surface area contributed by atoms with E-state index in [4.69, 9.17) is 0 Å². The third-order valence-electron chi connectivity index (χ3n) is 3.22. The fraction of sp³-hybridized carbons (Fsp3) is 0.267. The second-order valence-corrected chi connectivity index (χ2v) is 5.61. The monoisotopic (exact) mass is 320 g/mol. The molecule has 0 saturated carbocycles. The van der Waals surface area contributed by atoms with Crippen molar-refractivity contribution >= 4 is 23.2 Å². The molecule has 7 heteroatoms. The van der Waals surface area contributed by atoms with Crippen molar-refractivity contribution in [1.29, 1.82) is 0 Å². The van der Waals surface area contributed by atoms with Crippen LogP contribution >= 0.6 is 11.3 Å². The first-order valence-electron chi connectivity index (χ1n) is 6.71. The summed E-state index contributed by atoms with van der Waals surface area (Å²) in [5.41, 5.74) is 1.30. The molecule has 2 N–H and O–H groups in total. The van der Waals surface area contributed by atoms with Crippen molar-refractivity contribution in [1.82, 2.24) is 9.88 Å². The molecule has 0 radical (unpaired) electrons. The Morgan fingerprint density at radius 2 is 2.00 bits per heavy atom. The first-order chi connectivity index (χ1) is 10.5. The van der Waals surface area contributed by atoms with E-state index in [-0.39, 0.29) is 17.8 Å². The van der Waals surface area contributed by atoms with E-state index in [1.807, 2.05) is 0 Å².